The van der Waals surface area contributed by atoms with Gasteiger partial charge in [-0.1, -0.05) is 13.0 Å². The SMILES string of the molecule is CCc1c(F)ccc2cc(O)cc(-c3ncc4c(N5CCCn6nc(C(=O)N(C)C)cc6C5)nc(OC[C@]56CCCN5[C@H](COC(=O)N(C)C)CC6)nc4c3F)c12. The van der Waals surface area contributed by atoms with Gasteiger partial charge in [-0.05, 0) is 85.7 Å². The molecule has 0 saturated carbocycles. The van der Waals surface area contributed by atoms with E-state index in [1.54, 1.807) is 40.3 Å². The van der Waals surface area contributed by atoms with E-state index < -0.39 is 11.6 Å². The minimum absolute atomic E-state index is 0.0143. The maximum atomic E-state index is 17.3. The van der Waals surface area contributed by atoms with Gasteiger partial charge in [-0.3, -0.25) is 19.4 Å². The van der Waals surface area contributed by atoms with Crippen molar-refractivity contribution in [2.24, 2.45) is 0 Å². The first-order valence-electron chi connectivity index (χ1n) is 19.4. The number of aromatic hydroxyl groups is 1. The third kappa shape index (κ3) is 6.93. The zero-order chi connectivity index (χ0) is 40.2. The number of benzene rings is 2. The molecule has 6 heterocycles. The zero-order valence-corrected chi connectivity index (χ0v) is 32.9. The molecule has 2 atom stereocenters. The molecule has 57 heavy (non-hydrogen) atoms. The summed E-state index contributed by atoms with van der Waals surface area (Å²) in [5, 5.41) is 16.7. The fourth-order valence-electron chi connectivity index (χ4n) is 8.81. The van der Waals surface area contributed by atoms with Crippen LogP contribution in [0.4, 0.5) is 19.4 Å². The van der Waals surface area contributed by atoms with Crippen LogP contribution in [0.1, 0.15) is 60.8 Å². The highest BCUT2D eigenvalue weighted by molar-refractivity contribution is 6.02. The molecule has 5 aromatic rings. The van der Waals surface area contributed by atoms with Crippen molar-refractivity contribution >= 4 is 39.5 Å². The molecule has 2 fully saturated rings. The van der Waals surface area contributed by atoms with Crippen LogP contribution in [0.5, 0.6) is 11.8 Å². The first-order valence-corrected chi connectivity index (χ1v) is 19.4. The fourth-order valence-corrected chi connectivity index (χ4v) is 8.81. The Hall–Kier alpha value is -5.64. The van der Waals surface area contributed by atoms with E-state index in [0.717, 1.165) is 37.9 Å². The Labute approximate surface area is 329 Å². The predicted octanol–water partition coefficient (Wildman–Crippen LogP) is 5.77. The number of aromatic nitrogens is 5. The number of pyridine rings is 1. The van der Waals surface area contributed by atoms with E-state index >= 15 is 8.78 Å². The van der Waals surface area contributed by atoms with E-state index in [2.05, 4.69) is 15.0 Å². The van der Waals surface area contributed by atoms with Crippen LogP contribution in [-0.4, -0.2) is 123 Å². The largest absolute Gasteiger partial charge is 0.508 e. The van der Waals surface area contributed by atoms with Crippen LogP contribution in [0.2, 0.25) is 0 Å². The fraction of sp³-hybridized carbons (Fsp3) is 0.463. The number of hydrogen-bond acceptors (Lipinski definition) is 11. The zero-order valence-electron chi connectivity index (χ0n) is 32.9. The van der Waals surface area contributed by atoms with Crippen molar-refractivity contribution in [3.63, 3.8) is 0 Å². The van der Waals surface area contributed by atoms with Gasteiger partial charge in [0.05, 0.1) is 23.2 Å². The number of nitrogens with zero attached hydrogens (tertiary/aromatic N) is 9. The van der Waals surface area contributed by atoms with Gasteiger partial charge in [0.1, 0.15) is 41.8 Å². The summed E-state index contributed by atoms with van der Waals surface area (Å²) in [6, 6.07) is 7.63. The maximum Gasteiger partial charge on any atom is 0.409 e. The lowest BCUT2D eigenvalue weighted by Crippen LogP contribution is -2.48. The monoisotopic (exact) mass is 783 g/mol. The Morgan fingerprint density at radius 1 is 1.02 bits per heavy atom. The Kier molecular flexibility index (Phi) is 10.1. The Morgan fingerprint density at radius 2 is 1.84 bits per heavy atom. The molecule has 3 aliphatic rings. The molecule has 0 spiro atoms. The number of fused-ring (bicyclic) bond motifs is 4. The van der Waals surface area contributed by atoms with Gasteiger partial charge in [0.25, 0.3) is 5.91 Å². The van der Waals surface area contributed by atoms with Gasteiger partial charge in [-0.25, -0.2) is 13.6 Å². The summed E-state index contributed by atoms with van der Waals surface area (Å²) in [5.41, 5.74) is 1.30. The van der Waals surface area contributed by atoms with Crippen LogP contribution in [0.15, 0.2) is 36.5 Å². The summed E-state index contributed by atoms with van der Waals surface area (Å²) < 4.78 is 46.3. The molecule has 1 N–H and O–H groups in total. The number of amides is 2. The average Bonchev–Trinajstić information content (AvgIpc) is 3.85. The van der Waals surface area contributed by atoms with Crippen molar-refractivity contribution in [3.05, 3.63) is 65.1 Å². The Balaban J connectivity index is 1.21. The normalized spacial score (nSPS) is 19.4. The molecule has 2 saturated heterocycles. The van der Waals surface area contributed by atoms with E-state index in [1.807, 2.05) is 16.5 Å². The summed E-state index contributed by atoms with van der Waals surface area (Å²) in [6.45, 7) is 4.60. The smallest absolute Gasteiger partial charge is 0.409 e. The standard InChI is InChI=1S/C41H47F2N9O5/c1-6-28-31(42)10-9-24-17-27(53)19-29(33(24)28)35-34(43)36-30(20-44-35)37(50-14-8-16-52-26(21-50)18-32(47-52)38(54)48(2)3)46-39(45-36)57-23-41-12-7-15-51(41)25(11-13-41)22-56-40(55)49(4)5/h9-10,17-20,25,53H,6-8,11-16,21-23H2,1-5H3/t25-,41+/m0/s1. The maximum absolute atomic E-state index is 17.3. The molecule has 2 amide bonds. The number of phenolic OH excluding ortho intramolecular Hbond substituents is 1. The number of carbonyl (C=O) groups excluding carboxylic acids is 2. The first kappa shape index (κ1) is 38.2. The quantitative estimate of drug-likeness (QED) is 0.195. The highest BCUT2D eigenvalue weighted by Gasteiger charge is 2.50. The lowest BCUT2D eigenvalue weighted by Gasteiger charge is -2.34. The molecule has 300 valence electrons. The van der Waals surface area contributed by atoms with E-state index in [4.69, 9.17) is 19.4 Å². The molecule has 3 aliphatic heterocycles. The van der Waals surface area contributed by atoms with Crippen molar-refractivity contribution in [2.75, 3.05) is 59.4 Å². The number of carbonyl (C=O) groups is 2. The summed E-state index contributed by atoms with van der Waals surface area (Å²) in [4.78, 5) is 46.5. The molecule has 16 heteroatoms. The molecule has 2 aromatic carbocycles. The molecule has 8 rings (SSSR count). The van der Waals surface area contributed by atoms with Crippen LogP contribution in [0, 0.1) is 11.6 Å². The van der Waals surface area contributed by atoms with Crippen molar-refractivity contribution < 1.29 is 33.0 Å². The molecular weight excluding hydrogens is 737 g/mol. The van der Waals surface area contributed by atoms with Gasteiger partial charge in [-0.2, -0.15) is 15.1 Å². The van der Waals surface area contributed by atoms with Gasteiger partial charge in [0.2, 0.25) is 0 Å². The molecule has 0 unspecified atom stereocenters. The Bertz CT molecular complexity index is 2390. The minimum atomic E-state index is -0.762. The number of halogens is 2. The van der Waals surface area contributed by atoms with Gasteiger partial charge in [0, 0.05) is 59.1 Å². The van der Waals surface area contributed by atoms with Crippen molar-refractivity contribution in [3.8, 4) is 23.0 Å². The van der Waals surface area contributed by atoms with Crippen LogP contribution in [-0.2, 0) is 24.2 Å². The second kappa shape index (κ2) is 15.0. The summed E-state index contributed by atoms with van der Waals surface area (Å²) >= 11 is 0. The first-order chi connectivity index (χ1) is 27.4. The van der Waals surface area contributed by atoms with E-state index in [-0.39, 0.29) is 65.3 Å². The van der Waals surface area contributed by atoms with Crippen LogP contribution in [0.3, 0.4) is 0 Å². The molecule has 0 aliphatic carbocycles. The van der Waals surface area contributed by atoms with Crippen LogP contribution in [0.25, 0.3) is 32.9 Å². The number of hydrogen-bond donors (Lipinski definition) is 1. The summed E-state index contributed by atoms with van der Waals surface area (Å²) in [6.07, 6.45) is 5.62. The molecule has 0 radical (unpaired) electrons. The van der Waals surface area contributed by atoms with Gasteiger partial charge in [0.15, 0.2) is 11.5 Å². The second-order valence-corrected chi connectivity index (χ2v) is 15.7. The lowest BCUT2D eigenvalue weighted by molar-refractivity contribution is 0.0484. The molecule has 0 bridgehead atoms. The summed E-state index contributed by atoms with van der Waals surface area (Å²) in [7, 11) is 6.67. The van der Waals surface area contributed by atoms with Crippen LogP contribution >= 0.6 is 0 Å². The number of anilines is 1. The summed E-state index contributed by atoms with van der Waals surface area (Å²) in [5.74, 6) is -1.11. The molecule has 14 nitrogen and oxygen atoms in total. The molecular formula is C41H47F2N9O5. The van der Waals surface area contributed by atoms with Gasteiger partial charge < -0.3 is 29.3 Å². The van der Waals surface area contributed by atoms with E-state index in [1.165, 1.54) is 34.2 Å². The van der Waals surface area contributed by atoms with Gasteiger partial charge in [-0.15, -0.1) is 0 Å². The van der Waals surface area contributed by atoms with Gasteiger partial charge >= 0.3 is 12.1 Å². The highest BCUT2D eigenvalue weighted by atomic mass is 19.1. The number of ether oxygens (including phenoxy) is 2. The third-order valence-electron chi connectivity index (χ3n) is 11.6. The minimum Gasteiger partial charge on any atom is -0.508 e. The number of rotatable bonds is 9. The van der Waals surface area contributed by atoms with Crippen molar-refractivity contribution in [1.82, 2.24) is 39.4 Å². The Morgan fingerprint density at radius 3 is 2.61 bits per heavy atom. The second-order valence-electron chi connectivity index (χ2n) is 15.7. The van der Waals surface area contributed by atoms with Crippen LogP contribution < -0.4 is 9.64 Å². The number of aryl methyl sites for hydroxylation is 2. The topological polar surface area (TPSA) is 142 Å². The van der Waals surface area contributed by atoms with Crippen molar-refractivity contribution in [2.45, 2.75) is 70.1 Å². The number of phenols is 1. The third-order valence-corrected chi connectivity index (χ3v) is 11.6. The lowest BCUT2D eigenvalue weighted by atomic mass is 9.94. The van der Waals surface area contributed by atoms with E-state index in [0.29, 0.717) is 65.7 Å². The predicted molar refractivity (Wildman–Crippen MR) is 209 cm³/mol. The van der Waals surface area contributed by atoms with Crippen molar-refractivity contribution in [1.29, 1.82) is 0 Å². The van der Waals surface area contributed by atoms with E-state index in [9.17, 15) is 14.7 Å². The molecule has 3 aromatic heterocycles. The highest BCUT2D eigenvalue weighted by Crippen LogP contribution is 2.44. The average molecular weight is 784 g/mol.